The minimum atomic E-state index is -0.500. The first-order valence-electron chi connectivity index (χ1n) is 6.98. The van der Waals surface area contributed by atoms with Gasteiger partial charge in [-0.1, -0.05) is 24.3 Å². The van der Waals surface area contributed by atoms with E-state index in [1.54, 1.807) is 7.05 Å². The molecule has 21 heavy (non-hydrogen) atoms. The standard InChI is InChI=1S/C17H17F2NO/c1-20-17(8-14-15(18)3-2-4-16(14)19)11-5-6-12-9-21-10-13(12)7-11/h2-7,17,20H,8-10H2,1H3. The van der Waals surface area contributed by atoms with Crippen LogP contribution < -0.4 is 5.32 Å². The summed E-state index contributed by atoms with van der Waals surface area (Å²) < 4.78 is 33.0. The third-order valence-electron chi connectivity index (χ3n) is 3.97. The van der Waals surface area contributed by atoms with Crippen LogP contribution in [0.1, 0.15) is 28.3 Å². The molecule has 0 amide bonds. The molecule has 1 unspecified atom stereocenters. The van der Waals surface area contributed by atoms with Gasteiger partial charge in [0, 0.05) is 11.6 Å². The van der Waals surface area contributed by atoms with Crippen LogP contribution in [0.25, 0.3) is 0 Å². The maximum Gasteiger partial charge on any atom is 0.129 e. The highest BCUT2D eigenvalue weighted by molar-refractivity contribution is 5.35. The second kappa shape index (κ2) is 5.92. The van der Waals surface area contributed by atoms with Crippen LogP contribution in [0.5, 0.6) is 0 Å². The van der Waals surface area contributed by atoms with Crippen molar-refractivity contribution in [3.8, 4) is 0 Å². The third-order valence-corrected chi connectivity index (χ3v) is 3.97. The Labute approximate surface area is 122 Å². The molecular formula is C17H17F2NO. The highest BCUT2D eigenvalue weighted by Crippen LogP contribution is 2.27. The van der Waals surface area contributed by atoms with Crippen LogP contribution in [-0.2, 0) is 24.4 Å². The highest BCUT2D eigenvalue weighted by atomic mass is 19.1. The van der Waals surface area contributed by atoms with Crippen LogP contribution in [0.2, 0.25) is 0 Å². The molecule has 1 atom stereocenters. The predicted molar refractivity (Wildman–Crippen MR) is 76.8 cm³/mol. The van der Waals surface area contributed by atoms with E-state index < -0.39 is 11.6 Å². The molecule has 0 aliphatic carbocycles. The molecule has 110 valence electrons. The molecule has 0 saturated heterocycles. The molecule has 2 aromatic rings. The van der Waals surface area contributed by atoms with Crippen molar-refractivity contribution in [2.75, 3.05) is 7.05 Å². The van der Waals surface area contributed by atoms with Crippen molar-refractivity contribution in [2.45, 2.75) is 25.7 Å². The van der Waals surface area contributed by atoms with Gasteiger partial charge in [-0.2, -0.15) is 0 Å². The molecule has 0 radical (unpaired) electrons. The van der Waals surface area contributed by atoms with E-state index in [4.69, 9.17) is 4.74 Å². The first kappa shape index (κ1) is 14.2. The van der Waals surface area contributed by atoms with Gasteiger partial charge < -0.3 is 10.1 Å². The molecule has 1 heterocycles. The maximum absolute atomic E-state index is 13.8. The van der Waals surface area contributed by atoms with Gasteiger partial charge in [-0.3, -0.25) is 0 Å². The van der Waals surface area contributed by atoms with Crippen molar-refractivity contribution in [1.29, 1.82) is 0 Å². The Balaban J connectivity index is 1.89. The molecule has 0 fully saturated rings. The number of hydrogen-bond acceptors (Lipinski definition) is 2. The van der Waals surface area contributed by atoms with Gasteiger partial charge >= 0.3 is 0 Å². The van der Waals surface area contributed by atoms with Crippen molar-refractivity contribution in [3.05, 3.63) is 70.3 Å². The zero-order chi connectivity index (χ0) is 14.8. The van der Waals surface area contributed by atoms with Crippen molar-refractivity contribution >= 4 is 0 Å². The summed E-state index contributed by atoms with van der Waals surface area (Å²) in [7, 11) is 1.80. The molecule has 0 bridgehead atoms. The number of nitrogens with one attached hydrogen (secondary N) is 1. The number of ether oxygens (including phenoxy) is 1. The molecule has 0 saturated carbocycles. The van der Waals surface area contributed by atoms with Crippen LogP contribution in [0.3, 0.4) is 0 Å². The quantitative estimate of drug-likeness (QED) is 0.930. The first-order valence-corrected chi connectivity index (χ1v) is 6.98. The minimum Gasteiger partial charge on any atom is -0.372 e. The number of rotatable bonds is 4. The fourth-order valence-electron chi connectivity index (χ4n) is 2.73. The molecule has 1 aliphatic rings. The molecule has 1 N–H and O–H groups in total. The van der Waals surface area contributed by atoms with Crippen LogP contribution in [0.15, 0.2) is 36.4 Å². The van der Waals surface area contributed by atoms with Gasteiger partial charge in [0.15, 0.2) is 0 Å². The summed E-state index contributed by atoms with van der Waals surface area (Å²) >= 11 is 0. The fourth-order valence-corrected chi connectivity index (χ4v) is 2.73. The predicted octanol–water partition coefficient (Wildman–Crippen LogP) is 3.50. The van der Waals surface area contributed by atoms with Gasteiger partial charge in [-0.25, -0.2) is 8.78 Å². The van der Waals surface area contributed by atoms with Crippen LogP contribution in [0.4, 0.5) is 8.78 Å². The summed E-state index contributed by atoms with van der Waals surface area (Å²) in [4.78, 5) is 0. The average Bonchev–Trinajstić information content (AvgIpc) is 2.94. The molecular weight excluding hydrogens is 272 g/mol. The number of halogens is 2. The van der Waals surface area contributed by atoms with E-state index in [1.807, 2.05) is 12.1 Å². The van der Waals surface area contributed by atoms with E-state index in [0.29, 0.717) is 13.2 Å². The van der Waals surface area contributed by atoms with Gasteiger partial charge in [0.2, 0.25) is 0 Å². The maximum atomic E-state index is 13.8. The molecule has 1 aliphatic heterocycles. The first-order chi connectivity index (χ1) is 10.2. The van der Waals surface area contributed by atoms with E-state index in [-0.39, 0.29) is 18.0 Å². The van der Waals surface area contributed by atoms with E-state index in [2.05, 4.69) is 11.4 Å². The summed E-state index contributed by atoms with van der Waals surface area (Å²) in [6.45, 7) is 1.25. The fraction of sp³-hybridized carbons (Fsp3) is 0.294. The molecule has 0 spiro atoms. The Morgan fingerprint density at radius 3 is 2.52 bits per heavy atom. The highest BCUT2D eigenvalue weighted by Gasteiger charge is 2.18. The summed E-state index contributed by atoms with van der Waals surface area (Å²) in [6, 6.07) is 9.91. The monoisotopic (exact) mass is 289 g/mol. The van der Waals surface area contributed by atoms with E-state index in [1.165, 1.54) is 23.8 Å². The van der Waals surface area contributed by atoms with Gasteiger partial charge in [0.25, 0.3) is 0 Å². The van der Waals surface area contributed by atoms with Crippen LogP contribution >= 0.6 is 0 Å². The van der Waals surface area contributed by atoms with Crippen molar-refractivity contribution in [1.82, 2.24) is 5.32 Å². The van der Waals surface area contributed by atoms with E-state index in [9.17, 15) is 8.78 Å². The van der Waals surface area contributed by atoms with Gasteiger partial charge in [0.1, 0.15) is 11.6 Å². The number of benzene rings is 2. The van der Waals surface area contributed by atoms with E-state index in [0.717, 1.165) is 11.1 Å². The normalized spacial score (nSPS) is 15.0. The molecule has 2 aromatic carbocycles. The number of fused-ring (bicyclic) bond motifs is 1. The van der Waals surface area contributed by atoms with Gasteiger partial charge in [-0.15, -0.1) is 0 Å². The lowest BCUT2D eigenvalue weighted by Gasteiger charge is -2.18. The zero-order valence-electron chi connectivity index (χ0n) is 11.8. The molecule has 2 nitrogen and oxygen atoms in total. The topological polar surface area (TPSA) is 21.3 Å². The zero-order valence-corrected chi connectivity index (χ0v) is 11.8. The van der Waals surface area contributed by atoms with Gasteiger partial charge in [0.05, 0.1) is 13.2 Å². The van der Waals surface area contributed by atoms with Crippen molar-refractivity contribution < 1.29 is 13.5 Å². The summed E-state index contributed by atoms with van der Waals surface area (Å²) in [5.74, 6) is -1.00. The lowest BCUT2D eigenvalue weighted by Crippen LogP contribution is -2.20. The molecule has 4 heteroatoms. The third kappa shape index (κ3) is 2.82. The van der Waals surface area contributed by atoms with Crippen molar-refractivity contribution in [3.63, 3.8) is 0 Å². The lowest BCUT2D eigenvalue weighted by atomic mass is 9.95. The van der Waals surface area contributed by atoms with E-state index >= 15 is 0 Å². The largest absolute Gasteiger partial charge is 0.372 e. The molecule has 0 aromatic heterocycles. The summed E-state index contributed by atoms with van der Waals surface area (Å²) in [5, 5.41) is 3.14. The number of hydrogen-bond donors (Lipinski definition) is 1. The second-order valence-electron chi connectivity index (χ2n) is 5.27. The number of likely N-dealkylation sites (N-methyl/N-ethyl adjacent to an activating group) is 1. The second-order valence-corrected chi connectivity index (χ2v) is 5.27. The Morgan fingerprint density at radius 2 is 1.81 bits per heavy atom. The summed E-state index contributed by atoms with van der Waals surface area (Å²) in [6.07, 6.45) is 0.272. The summed E-state index contributed by atoms with van der Waals surface area (Å²) in [5.41, 5.74) is 3.48. The van der Waals surface area contributed by atoms with Crippen molar-refractivity contribution in [2.24, 2.45) is 0 Å². The smallest absolute Gasteiger partial charge is 0.129 e. The van der Waals surface area contributed by atoms with Crippen LogP contribution in [0, 0.1) is 11.6 Å². The SMILES string of the molecule is CNC(Cc1c(F)cccc1F)c1ccc2c(c1)COC2. The minimum absolute atomic E-state index is 0.119. The molecule has 3 rings (SSSR count). The Kier molecular flexibility index (Phi) is 3.99. The van der Waals surface area contributed by atoms with Crippen LogP contribution in [-0.4, -0.2) is 7.05 Å². The Bertz CT molecular complexity index is 637. The lowest BCUT2D eigenvalue weighted by molar-refractivity contribution is 0.134. The Morgan fingerprint density at radius 1 is 1.10 bits per heavy atom. The Hall–Kier alpha value is -1.78. The average molecular weight is 289 g/mol. The van der Waals surface area contributed by atoms with Gasteiger partial charge in [-0.05, 0) is 42.3 Å².